The molecule has 0 unspecified atom stereocenters. The number of rotatable bonds is 6. The molecule has 0 aliphatic carbocycles. The normalized spacial score (nSPS) is 14.8. The first-order valence-corrected chi connectivity index (χ1v) is 10.3. The summed E-state index contributed by atoms with van der Waals surface area (Å²) in [4.78, 5) is 31.0. The van der Waals surface area contributed by atoms with Gasteiger partial charge in [0, 0.05) is 50.5 Å². The van der Waals surface area contributed by atoms with Gasteiger partial charge in [0.2, 0.25) is 0 Å². The Balaban J connectivity index is 1.61. The third-order valence-electron chi connectivity index (χ3n) is 5.64. The predicted octanol–water partition coefficient (Wildman–Crippen LogP) is 3.18. The summed E-state index contributed by atoms with van der Waals surface area (Å²) in [6.45, 7) is 10.5. The minimum atomic E-state index is -0.443. The molecule has 1 aromatic heterocycles. The van der Waals surface area contributed by atoms with Crippen LogP contribution in [0.25, 0.3) is 0 Å². The number of carbonyl (C=O) groups excluding carboxylic acids is 2. The number of carbonyl (C=O) groups is 2. The average molecular weight is 414 g/mol. The highest BCUT2D eigenvalue weighted by Crippen LogP contribution is 2.20. The van der Waals surface area contributed by atoms with Crippen molar-refractivity contribution in [2.75, 3.05) is 45.2 Å². The number of aryl methyl sites for hydroxylation is 1. The fraction of sp³-hybridized carbons (Fsp3) is 0.478. The van der Waals surface area contributed by atoms with E-state index in [2.05, 4.69) is 23.6 Å². The molecule has 7 heteroatoms. The lowest BCUT2D eigenvalue weighted by atomic mass is 10.1. The van der Waals surface area contributed by atoms with Gasteiger partial charge in [0.05, 0.1) is 13.7 Å². The largest absolute Gasteiger partial charge is 0.465 e. The van der Waals surface area contributed by atoms with E-state index in [0.717, 1.165) is 31.9 Å². The van der Waals surface area contributed by atoms with Gasteiger partial charge >= 0.3 is 5.97 Å². The number of piperazine rings is 1. The Morgan fingerprint density at radius 3 is 2.33 bits per heavy atom. The number of hydrogen-bond acceptors (Lipinski definition) is 6. The van der Waals surface area contributed by atoms with Gasteiger partial charge in [-0.15, -0.1) is 0 Å². The standard InChI is InChI=1S/C23H31N3O4/c1-16(2)25-10-12-26(13-11-25)19-8-6-18(7-9-19)22(27)24(4)15-20-14-21(17(3)30-20)23(28)29-5/h6-9,14,16H,10-13,15H2,1-5H3. The van der Waals surface area contributed by atoms with E-state index in [9.17, 15) is 9.59 Å². The monoisotopic (exact) mass is 413 g/mol. The molecule has 0 bridgehead atoms. The molecule has 1 aliphatic heterocycles. The Bertz CT molecular complexity index is 880. The van der Waals surface area contributed by atoms with Crippen molar-refractivity contribution in [3.63, 3.8) is 0 Å². The Kier molecular flexibility index (Phi) is 6.82. The molecule has 0 radical (unpaired) electrons. The number of nitrogens with zero attached hydrogens (tertiary/aromatic N) is 3. The molecule has 0 saturated carbocycles. The predicted molar refractivity (Wildman–Crippen MR) is 116 cm³/mol. The molecule has 162 valence electrons. The van der Waals surface area contributed by atoms with Crippen molar-refractivity contribution in [3.8, 4) is 0 Å². The summed E-state index contributed by atoms with van der Waals surface area (Å²) in [6.07, 6.45) is 0. The van der Waals surface area contributed by atoms with E-state index in [4.69, 9.17) is 9.15 Å². The Hall–Kier alpha value is -2.80. The van der Waals surface area contributed by atoms with Gasteiger partial charge in [-0.3, -0.25) is 9.69 Å². The van der Waals surface area contributed by atoms with E-state index in [-0.39, 0.29) is 12.5 Å². The van der Waals surface area contributed by atoms with Crippen molar-refractivity contribution in [2.45, 2.75) is 33.4 Å². The molecule has 2 heterocycles. The zero-order chi connectivity index (χ0) is 21.8. The molecule has 30 heavy (non-hydrogen) atoms. The maximum absolute atomic E-state index is 12.8. The van der Waals surface area contributed by atoms with Crippen LogP contribution in [-0.4, -0.2) is 68.1 Å². The summed E-state index contributed by atoms with van der Waals surface area (Å²) in [5.41, 5.74) is 2.15. The molecule has 2 aromatic rings. The lowest BCUT2D eigenvalue weighted by molar-refractivity contribution is 0.0598. The summed E-state index contributed by atoms with van der Waals surface area (Å²) in [5, 5.41) is 0. The molecule has 3 rings (SSSR count). The number of anilines is 1. The maximum atomic E-state index is 12.8. The lowest BCUT2D eigenvalue weighted by Gasteiger charge is -2.38. The van der Waals surface area contributed by atoms with E-state index in [1.807, 2.05) is 24.3 Å². The lowest BCUT2D eigenvalue weighted by Crippen LogP contribution is -2.48. The first kappa shape index (κ1) is 21.9. The Morgan fingerprint density at radius 2 is 1.77 bits per heavy atom. The van der Waals surface area contributed by atoms with Crippen molar-refractivity contribution >= 4 is 17.6 Å². The third kappa shape index (κ3) is 4.84. The van der Waals surface area contributed by atoms with Crippen LogP contribution >= 0.6 is 0 Å². The summed E-state index contributed by atoms with van der Waals surface area (Å²) < 4.78 is 10.4. The minimum absolute atomic E-state index is 0.0974. The Morgan fingerprint density at radius 1 is 1.13 bits per heavy atom. The highest BCUT2D eigenvalue weighted by Gasteiger charge is 2.21. The van der Waals surface area contributed by atoms with Gasteiger partial charge in [0.15, 0.2) is 0 Å². The molecular formula is C23H31N3O4. The van der Waals surface area contributed by atoms with E-state index < -0.39 is 5.97 Å². The van der Waals surface area contributed by atoms with Gasteiger partial charge in [-0.25, -0.2) is 4.79 Å². The van der Waals surface area contributed by atoms with Crippen molar-refractivity contribution in [1.29, 1.82) is 0 Å². The van der Waals surface area contributed by atoms with Gasteiger partial charge in [0.1, 0.15) is 17.1 Å². The van der Waals surface area contributed by atoms with Crippen LogP contribution in [0.15, 0.2) is 34.7 Å². The summed E-state index contributed by atoms with van der Waals surface area (Å²) >= 11 is 0. The second-order valence-corrected chi connectivity index (χ2v) is 8.00. The smallest absolute Gasteiger partial charge is 0.341 e. The van der Waals surface area contributed by atoms with Gasteiger partial charge < -0.3 is 19.0 Å². The molecule has 0 spiro atoms. The summed E-state index contributed by atoms with van der Waals surface area (Å²) in [7, 11) is 3.05. The summed E-state index contributed by atoms with van der Waals surface area (Å²) in [6, 6.07) is 9.97. The van der Waals surface area contributed by atoms with Crippen molar-refractivity contribution in [1.82, 2.24) is 9.80 Å². The average Bonchev–Trinajstić information content (AvgIpc) is 3.12. The second kappa shape index (κ2) is 9.34. The number of esters is 1. The minimum Gasteiger partial charge on any atom is -0.465 e. The third-order valence-corrected chi connectivity index (χ3v) is 5.64. The van der Waals surface area contributed by atoms with E-state index in [1.165, 1.54) is 7.11 Å². The Labute approximate surface area is 178 Å². The highest BCUT2D eigenvalue weighted by atomic mass is 16.5. The van der Waals surface area contributed by atoms with Gasteiger partial charge in [0.25, 0.3) is 5.91 Å². The van der Waals surface area contributed by atoms with Crippen LogP contribution in [-0.2, 0) is 11.3 Å². The highest BCUT2D eigenvalue weighted by molar-refractivity contribution is 5.94. The van der Waals surface area contributed by atoms with Crippen LogP contribution in [0, 0.1) is 6.92 Å². The number of ether oxygens (including phenoxy) is 1. The van der Waals surface area contributed by atoms with Crippen LogP contribution in [0.4, 0.5) is 5.69 Å². The van der Waals surface area contributed by atoms with Crippen molar-refractivity contribution in [2.24, 2.45) is 0 Å². The second-order valence-electron chi connectivity index (χ2n) is 8.00. The quantitative estimate of drug-likeness (QED) is 0.678. The maximum Gasteiger partial charge on any atom is 0.341 e. The molecule has 0 N–H and O–H groups in total. The van der Waals surface area contributed by atoms with Crippen LogP contribution in [0.5, 0.6) is 0 Å². The SMILES string of the molecule is COC(=O)c1cc(CN(C)C(=O)c2ccc(N3CCN(C(C)C)CC3)cc2)oc1C. The fourth-order valence-electron chi connectivity index (χ4n) is 3.77. The van der Waals surface area contributed by atoms with Crippen molar-refractivity contribution < 1.29 is 18.7 Å². The molecule has 1 aromatic carbocycles. The van der Waals surface area contributed by atoms with E-state index in [0.29, 0.717) is 28.7 Å². The fourth-order valence-corrected chi connectivity index (χ4v) is 3.77. The number of methoxy groups -OCH3 is 1. The van der Waals surface area contributed by atoms with Crippen molar-refractivity contribution in [3.05, 3.63) is 53.0 Å². The zero-order valence-corrected chi connectivity index (χ0v) is 18.5. The number of amides is 1. The van der Waals surface area contributed by atoms with Crippen LogP contribution in [0.1, 0.15) is 46.1 Å². The molecule has 1 fully saturated rings. The van der Waals surface area contributed by atoms with Gasteiger partial charge in [-0.05, 0) is 51.1 Å². The first-order valence-electron chi connectivity index (χ1n) is 10.3. The molecule has 1 amide bonds. The molecule has 1 saturated heterocycles. The van der Waals surface area contributed by atoms with E-state index >= 15 is 0 Å². The number of furan rings is 1. The van der Waals surface area contributed by atoms with Gasteiger partial charge in [-0.1, -0.05) is 0 Å². The molecule has 0 atom stereocenters. The number of benzene rings is 1. The first-order chi connectivity index (χ1) is 14.3. The molecular weight excluding hydrogens is 382 g/mol. The van der Waals surface area contributed by atoms with Crippen LogP contribution < -0.4 is 4.90 Å². The van der Waals surface area contributed by atoms with E-state index in [1.54, 1.807) is 24.9 Å². The molecule has 1 aliphatic rings. The van der Waals surface area contributed by atoms with Crippen LogP contribution in [0.2, 0.25) is 0 Å². The van der Waals surface area contributed by atoms with Crippen LogP contribution in [0.3, 0.4) is 0 Å². The topological polar surface area (TPSA) is 66.2 Å². The van der Waals surface area contributed by atoms with Gasteiger partial charge in [-0.2, -0.15) is 0 Å². The molecule has 7 nitrogen and oxygen atoms in total. The zero-order valence-electron chi connectivity index (χ0n) is 18.5. The summed E-state index contributed by atoms with van der Waals surface area (Å²) in [5.74, 6) is 0.490. The number of hydrogen-bond donors (Lipinski definition) is 0.